The molecule has 2 heterocycles. The zero-order valence-corrected chi connectivity index (χ0v) is 14.6. The zero-order chi connectivity index (χ0) is 18.2. The Hall–Kier alpha value is -2.14. The number of rotatable bonds is 4. The van der Waals surface area contributed by atoms with Crippen molar-refractivity contribution in [1.29, 1.82) is 0 Å². The summed E-state index contributed by atoms with van der Waals surface area (Å²) in [4.78, 5) is 14.6. The highest BCUT2D eigenvalue weighted by molar-refractivity contribution is 7.92. The summed E-state index contributed by atoms with van der Waals surface area (Å²) >= 11 is 6.01. The summed E-state index contributed by atoms with van der Waals surface area (Å²) in [6.07, 6.45) is 1.06. The molecule has 25 heavy (non-hydrogen) atoms. The van der Waals surface area contributed by atoms with Crippen LogP contribution in [0.4, 0.5) is 11.5 Å². The van der Waals surface area contributed by atoms with Crippen LogP contribution in [-0.4, -0.2) is 31.5 Å². The number of anilines is 2. The van der Waals surface area contributed by atoms with Gasteiger partial charge in [0, 0.05) is 18.7 Å². The predicted octanol–water partition coefficient (Wildman–Crippen LogP) is 0.712. The zero-order valence-electron chi connectivity index (χ0n) is 13.0. The molecule has 0 unspecified atom stereocenters. The van der Waals surface area contributed by atoms with Gasteiger partial charge < -0.3 is 15.0 Å². The molecule has 0 radical (unpaired) electrons. The largest absolute Gasteiger partial charge is 0.491 e. The number of carbonyl (C=O) groups is 1. The van der Waals surface area contributed by atoms with E-state index in [1.165, 1.54) is 19.1 Å². The fourth-order valence-corrected chi connectivity index (χ4v) is 3.86. The first-order valence-electron chi connectivity index (χ1n) is 7.15. The Morgan fingerprint density at radius 2 is 2.16 bits per heavy atom. The third-order valence-electron chi connectivity index (χ3n) is 3.47. The minimum Gasteiger partial charge on any atom is -0.423 e. The van der Waals surface area contributed by atoms with E-state index in [4.69, 9.17) is 16.3 Å². The van der Waals surface area contributed by atoms with E-state index in [9.17, 15) is 18.2 Å². The average molecular weight is 382 g/mol. The second kappa shape index (κ2) is 6.64. The number of halogens is 1. The lowest BCUT2D eigenvalue weighted by Crippen LogP contribution is -2.28. The summed E-state index contributed by atoms with van der Waals surface area (Å²) in [5.41, 5.74) is 1.55. The molecule has 130 valence electrons. The maximum Gasteiger partial charge on any atom is 0.491 e. The maximum atomic E-state index is 12.5. The van der Waals surface area contributed by atoms with Gasteiger partial charge in [0.2, 0.25) is 5.91 Å². The number of nitrogens with one attached hydrogen (secondary N) is 2. The molecule has 3 N–H and O–H groups in total. The molecule has 1 aromatic heterocycles. The van der Waals surface area contributed by atoms with Gasteiger partial charge in [-0.25, -0.2) is 13.4 Å². The van der Waals surface area contributed by atoms with Crippen molar-refractivity contribution in [2.75, 3.05) is 10.0 Å². The molecule has 0 fully saturated rings. The molecular formula is C14H13BClN3O5S. The lowest BCUT2D eigenvalue weighted by molar-refractivity contribution is -0.114. The number of hydrogen-bond donors (Lipinski definition) is 3. The van der Waals surface area contributed by atoms with Crippen molar-refractivity contribution in [1.82, 2.24) is 4.98 Å². The highest BCUT2D eigenvalue weighted by Crippen LogP contribution is 2.25. The lowest BCUT2D eigenvalue weighted by Gasteiger charge is -2.11. The standard InChI is InChI=1S/C14H13BClN3O5S/c1-8(20)18-14-5-12(16)13(6-17-14)25(22,23)19-10-3-2-9-7-24-15(21)11(9)4-10/h2-6,19,21H,7H2,1H3,(H,17,18,20). The van der Waals surface area contributed by atoms with E-state index in [1.807, 2.05) is 0 Å². The van der Waals surface area contributed by atoms with E-state index in [0.717, 1.165) is 11.8 Å². The van der Waals surface area contributed by atoms with Gasteiger partial charge in [-0.05, 0) is 23.2 Å². The topological polar surface area (TPSA) is 118 Å². The molecule has 1 aliphatic rings. The second-order valence-corrected chi connectivity index (χ2v) is 7.42. The molecule has 2 aromatic rings. The van der Waals surface area contributed by atoms with Crippen LogP contribution in [0.15, 0.2) is 35.4 Å². The summed E-state index contributed by atoms with van der Waals surface area (Å²) in [6.45, 7) is 1.57. The monoisotopic (exact) mass is 381 g/mol. The van der Waals surface area contributed by atoms with Crippen molar-refractivity contribution < 1.29 is 22.9 Å². The maximum absolute atomic E-state index is 12.5. The molecule has 0 atom stereocenters. The van der Waals surface area contributed by atoms with E-state index in [2.05, 4.69) is 15.0 Å². The number of fused-ring (bicyclic) bond motifs is 1. The highest BCUT2D eigenvalue weighted by Gasteiger charge is 2.28. The first-order chi connectivity index (χ1) is 11.8. The van der Waals surface area contributed by atoms with Crippen LogP contribution in [-0.2, 0) is 26.1 Å². The Kier molecular flexibility index (Phi) is 4.70. The molecule has 11 heteroatoms. The fourth-order valence-electron chi connectivity index (χ4n) is 2.35. The normalized spacial score (nSPS) is 13.5. The molecule has 3 rings (SSSR count). The Morgan fingerprint density at radius 1 is 1.40 bits per heavy atom. The molecule has 0 saturated carbocycles. The number of aromatic nitrogens is 1. The van der Waals surface area contributed by atoms with Crippen molar-refractivity contribution in [3.05, 3.63) is 41.0 Å². The van der Waals surface area contributed by atoms with Gasteiger partial charge in [-0.2, -0.15) is 0 Å². The van der Waals surface area contributed by atoms with E-state index >= 15 is 0 Å². The van der Waals surface area contributed by atoms with Gasteiger partial charge in [-0.15, -0.1) is 0 Å². The average Bonchev–Trinajstić information content (AvgIpc) is 2.87. The van der Waals surface area contributed by atoms with E-state index < -0.39 is 17.1 Å². The van der Waals surface area contributed by atoms with Crippen molar-refractivity contribution in [2.45, 2.75) is 18.4 Å². The third-order valence-corrected chi connectivity index (χ3v) is 5.31. The van der Waals surface area contributed by atoms with Gasteiger partial charge in [0.15, 0.2) is 0 Å². The van der Waals surface area contributed by atoms with Gasteiger partial charge in [0.1, 0.15) is 10.7 Å². The first-order valence-corrected chi connectivity index (χ1v) is 9.01. The SMILES string of the molecule is CC(=O)Nc1cc(Cl)c(S(=O)(=O)Nc2ccc3c(c2)B(O)OC3)cn1. The van der Waals surface area contributed by atoms with Crippen molar-refractivity contribution in [2.24, 2.45) is 0 Å². The number of pyridine rings is 1. The molecule has 8 nitrogen and oxygen atoms in total. The molecule has 0 saturated heterocycles. The van der Waals surface area contributed by atoms with Gasteiger partial charge in [0.05, 0.1) is 17.8 Å². The van der Waals surface area contributed by atoms with Crippen LogP contribution in [0.3, 0.4) is 0 Å². The number of benzene rings is 1. The van der Waals surface area contributed by atoms with Crippen molar-refractivity contribution >= 4 is 51.6 Å². The van der Waals surface area contributed by atoms with Crippen molar-refractivity contribution in [3.8, 4) is 0 Å². The minimum absolute atomic E-state index is 0.0872. The second-order valence-electron chi connectivity index (χ2n) is 5.36. The molecule has 1 aliphatic heterocycles. The lowest BCUT2D eigenvalue weighted by atomic mass is 9.79. The van der Waals surface area contributed by atoms with Crippen LogP contribution in [0, 0.1) is 0 Å². The number of amides is 1. The fraction of sp³-hybridized carbons (Fsp3) is 0.143. The van der Waals surface area contributed by atoms with Crippen LogP contribution >= 0.6 is 11.6 Å². The minimum atomic E-state index is -4.00. The van der Waals surface area contributed by atoms with Crippen LogP contribution in [0.1, 0.15) is 12.5 Å². The molecular weight excluding hydrogens is 369 g/mol. The highest BCUT2D eigenvalue weighted by atomic mass is 35.5. The summed E-state index contributed by atoms with van der Waals surface area (Å²) in [5.74, 6) is -0.203. The van der Waals surface area contributed by atoms with E-state index in [0.29, 0.717) is 5.46 Å². The van der Waals surface area contributed by atoms with Crippen LogP contribution < -0.4 is 15.5 Å². The van der Waals surface area contributed by atoms with Gasteiger partial charge >= 0.3 is 7.12 Å². The molecule has 1 aromatic carbocycles. The van der Waals surface area contributed by atoms with Gasteiger partial charge in [0.25, 0.3) is 10.0 Å². The summed E-state index contributed by atoms with van der Waals surface area (Å²) < 4.78 is 32.5. The molecule has 0 bridgehead atoms. The molecule has 1 amide bonds. The van der Waals surface area contributed by atoms with E-state index in [-0.39, 0.29) is 33.9 Å². The Morgan fingerprint density at radius 3 is 2.84 bits per heavy atom. The van der Waals surface area contributed by atoms with E-state index in [1.54, 1.807) is 12.1 Å². The summed E-state index contributed by atoms with van der Waals surface area (Å²) in [6, 6.07) is 5.98. The van der Waals surface area contributed by atoms with Crippen LogP contribution in [0.2, 0.25) is 5.02 Å². The Balaban J connectivity index is 1.87. The number of nitrogens with zero attached hydrogens (tertiary/aromatic N) is 1. The number of sulfonamides is 1. The Labute approximate surface area is 149 Å². The van der Waals surface area contributed by atoms with Gasteiger partial charge in [-0.3, -0.25) is 9.52 Å². The predicted molar refractivity (Wildman–Crippen MR) is 93.2 cm³/mol. The molecule has 0 spiro atoms. The van der Waals surface area contributed by atoms with Crippen molar-refractivity contribution in [3.63, 3.8) is 0 Å². The number of hydrogen-bond acceptors (Lipinski definition) is 6. The van der Waals surface area contributed by atoms with Gasteiger partial charge in [-0.1, -0.05) is 17.7 Å². The third kappa shape index (κ3) is 3.77. The smallest absolute Gasteiger partial charge is 0.423 e. The summed E-state index contributed by atoms with van der Waals surface area (Å²) in [7, 11) is -5.09. The quantitative estimate of drug-likeness (QED) is 0.672. The Bertz CT molecular complexity index is 953. The van der Waals surface area contributed by atoms with Crippen LogP contribution in [0.25, 0.3) is 0 Å². The van der Waals surface area contributed by atoms with Crippen LogP contribution in [0.5, 0.6) is 0 Å². The molecule has 0 aliphatic carbocycles. The number of carbonyl (C=O) groups excluding carboxylic acids is 1. The summed E-state index contributed by atoms with van der Waals surface area (Å²) in [5, 5.41) is 12.0. The first kappa shape index (κ1) is 17.7.